The molecular weight excluding hydrogens is 388 g/mol. The van der Waals surface area contributed by atoms with Gasteiger partial charge in [-0.3, -0.25) is 0 Å². The molecule has 0 N–H and O–H groups in total. The average Bonchev–Trinajstić information content (AvgIpc) is 2.12. The van der Waals surface area contributed by atoms with Crippen LogP contribution in [0, 0.1) is 0 Å². The minimum absolute atomic E-state index is 0. The van der Waals surface area contributed by atoms with Crippen molar-refractivity contribution in [3.63, 3.8) is 0 Å². The van der Waals surface area contributed by atoms with E-state index in [-0.39, 0.29) is 206 Å². The van der Waals surface area contributed by atoms with Crippen LogP contribution in [0.3, 0.4) is 0 Å². The molecule has 16 heteroatoms. The first-order chi connectivity index (χ1) is 7.25. The predicted molar refractivity (Wildman–Crippen MR) is 31.3 cm³/mol. The van der Waals surface area contributed by atoms with Crippen LogP contribution < -0.4 is 226 Å². The van der Waals surface area contributed by atoms with Gasteiger partial charge in [-0.1, -0.05) is 0 Å². The van der Waals surface area contributed by atoms with Crippen LogP contribution in [-0.2, 0) is 0 Å². The SMILES string of the molecule is O=C([O-])/N=N/C(=O)[O-].O=C([O-])/N=N/C(=O)[O-].[K+].[K+].[K+].[K+]. The first-order valence-corrected chi connectivity index (χ1v) is 2.93. The van der Waals surface area contributed by atoms with Crippen molar-refractivity contribution < 1.29 is 245 Å². The summed E-state index contributed by atoms with van der Waals surface area (Å²) in [5, 5.41) is 45.3. The Morgan fingerprint density at radius 3 is 0.600 bits per heavy atom. The van der Waals surface area contributed by atoms with E-state index in [1.807, 2.05) is 0 Å². The molecule has 20 heavy (non-hydrogen) atoms. The molecule has 12 nitrogen and oxygen atoms in total. The maximum atomic E-state index is 9.24. The van der Waals surface area contributed by atoms with Crippen LogP contribution >= 0.6 is 0 Å². The minimum atomic E-state index is -1.91. The van der Waals surface area contributed by atoms with Crippen molar-refractivity contribution in [1.82, 2.24) is 0 Å². The van der Waals surface area contributed by atoms with Crippen molar-refractivity contribution in [2.75, 3.05) is 0 Å². The van der Waals surface area contributed by atoms with Gasteiger partial charge in [-0.2, -0.15) is 0 Å². The van der Waals surface area contributed by atoms with Gasteiger partial charge in [-0.25, -0.2) is 0 Å². The maximum Gasteiger partial charge on any atom is 1.00 e. The molecule has 0 spiro atoms. The van der Waals surface area contributed by atoms with Crippen molar-refractivity contribution in [3.8, 4) is 0 Å². The Labute approximate surface area is 281 Å². The Morgan fingerprint density at radius 2 is 0.550 bits per heavy atom. The van der Waals surface area contributed by atoms with Crippen LogP contribution in [0.4, 0.5) is 19.2 Å². The molecule has 0 fully saturated rings. The van der Waals surface area contributed by atoms with Crippen LogP contribution in [0.1, 0.15) is 0 Å². The summed E-state index contributed by atoms with van der Waals surface area (Å²) in [4.78, 5) is 37.0. The van der Waals surface area contributed by atoms with Crippen molar-refractivity contribution in [2.45, 2.75) is 0 Å². The molecule has 0 rings (SSSR count). The number of carboxylic acid groups (broad SMARTS) is 4. The summed E-state index contributed by atoms with van der Waals surface area (Å²) < 4.78 is 0. The molecule has 0 unspecified atom stereocenters. The fraction of sp³-hybridized carbons (Fsp3) is 0. The van der Waals surface area contributed by atoms with Crippen molar-refractivity contribution in [2.24, 2.45) is 20.5 Å². The number of rotatable bonds is 0. The van der Waals surface area contributed by atoms with Crippen LogP contribution in [0.25, 0.3) is 0 Å². The van der Waals surface area contributed by atoms with E-state index in [1.165, 1.54) is 0 Å². The number of hydrogen-bond donors (Lipinski definition) is 0. The van der Waals surface area contributed by atoms with Gasteiger partial charge in [0.05, 0.1) is 0 Å². The molecule has 0 aromatic rings. The van der Waals surface area contributed by atoms with Crippen LogP contribution in [0.5, 0.6) is 0 Å². The number of hydrogen-bond acceptors (Lipinski definition) is 8. The molecular formula is C4K4N4O8. The molecule has 0 aromatic carbocycles. The van der Waals surface area contributed by atoms with Gasteiger partial charge >= 0.3 is 206 Å². The average molecular weight is 388 g/mol. The zero-order valence-corrected chi connectivity index (χ0v) is 23.5. The van der Waals surface area contributed by atoms with Gasteiger partial charge in [0.1, 0.15) is 0 Å². The molecule has 0 aliphatic heterocycles. The van der Waals surface area contributed by atoms with Crippen LogP contribution in [0.15, 0.2) is 20.5 Å². The molecule has 0 saturated carbocycles. The topological polar surface area (TPSA) is 210 Å². The standard InChI is InChI=1S/2C2H2N2O4.4K/c2*5-1(6)3-4-2(7)8;;;;/h2*(H,5,6)(H,7,8);;;;/q;;4*+1/p-4/b2*4-3+;;;;. The molecule has 0 radical (unpaired) electrons. The summed E-state index contributed by atoms with van der Waals surface area (Å²) in [6.45, 7) is 0. The fourth-order valence-corrected chi connectivity index (χ4v) is 0.163. The second kappa shape index (κ2) is 27.5. The van der Waals surface area contributed by atoms with Gasteiger partial charge in [-0.15, -0.1) is 20.5 Å². The van der Waals surface area contributed by atoms with E-state index in [0.717, 1.165) is 0 Å². The predicted octanol–water partition coefficient (Wildman–Crippen LogP) is -15.7. The number of carbonyl (C=O) groups is 4. The van der Waals surface area contributed by atoms with Gasteiger partial charge in [0.15, 0.2) is 24.4 Å². The molecule has 0 bridgehead atoms. The van der Waals surface area contributed by atoms with E-state index in [0.29, 0.717) is 0 Å². The monoisotopic (exact) mass is 388 g/mol. The van der Waals surface area contributed by atoms with Gasteiger partial charge in [0.25, 0.3) is 0 Å². The van der Waals surface area contributed by atoms with Gasteiger partial charge < -0.3 is 39.6 Å². The first kappa shape index (κ1) is 38.9. The maximum absolute atomic E-state index is 9.24. The molecule has 0 heterocycles. The molecule has 0 saturated heterocycles. The molecule has 0 atom stereocenters. The zero-order chi connectivity index (χ0) is 13.1. The fourth-order valence-electron chi connectivity index (χ4n) is 0.163. The summed E-state index contributed by atoms with van der Waals surface area (Å²) in [5.41, 5.74) is 0. The molecule has 0 aliphatic carbocycles. The van der Waals surface area contributed by atoms with Gasteiger partial charge in [0, 0.05) is 0 Å². The second-order valence-electron chi connectivity index (χ2n) is 1.46. The van der Waals surface area contributed by atoms with E-state index in [2.05, 4.69) is 20.5 Å². The zero-order valence-electron chi connectivity index (χ0n) is 11.1. The second-order valence-corrected chi connectivity index (χ2v) is 1.46. The van der Waals surface area contributed by atoms with Gasteiger partial charge in [0.2, 0.25) is 0 Å². The van der Waals surface area contributed by atoms with Crippen LogP contribution in [0.2, 0.25) is 0 Å². The molecule has 4 amide bonds. The Bertz CT molecular complexity index is 294. The first-order valence-electron chi connectivity index (χ1n) is 2.93. The van der Waals surface area contributed by atoms with Crippen LogP contribution in [-0.4, -0.2) is 24.4 Å². The summed E-state index contributed by atoms with van der Waals surface area (Å²) in [6.07, 6.45) is -7.63. The molecule has 0 aliphatic rings. The Morgan fingerprint density at radius 1 is 0.450 bits per heavy atom. The third-order valence-electron chi connectivity index (χ3n) is 0.427. The van der Waals surface area contributed by atoms with E-state index >= 15 is 0 Å². The Balaban J connectivity index is -0.0000000408. The molecule has 88 valence electrons. The normalized spacial score (nSPS) is 7.60. The summed E-state index contributed by atoms with van der Waals surface area (Å²) >= 11 is 0. The van der Waals surface area contributed by atoms with E-state index in [9.17, 15) is 39.6 Å². The van der Waals surface area contributed by atoms with Crippen molar-refractivity contribution in [1.29, 1.82) is 0 Å². The summed E-state index contributed by atoms with van der Waals surface area (Å²) in [6, 6.07) is 0. The smallest absolute Gasteiger partial charge is 0.527 e. The van der Waals surface area contributed by atoms with Gasteiger partial charge in [-0.05, 0) is 0 Å². The number of amides is 4. The minimum Gasteiger partial charge on any atom is -0.527 e. The Kier molecular flexibility index (Phi) is 53.5. The van der Waals surface area contributed by atoms with Crippen molar-refractivity contribution in [3.05, 3.63) is 0 Å². The number of azo groups is 2. The third kappa shape index (κ3) is 49.6. The molecule has 0 aromatic heterocycles. The van der Waals surface area contributed by atoms with E-state index in [1.54, 1.807) is 0 Å². The van der Waals surface area contributed by atoms with Crippen molar-refractivity contribution >= 4 is 24.4 Å². The number of nitrogens with zero attached hydrogens (tertiary/aromatic N) is 4. The Hall–Kier alpha value is 3.63. The summed E-state index contributed by atoms with van der Waals surface area (Å²) in [7, 11) is 0. The largest absolute Gasteiger partial charge is 1.00 e. The quantitative estimate of drug-likeness (QED) is 0.286. The van der Waals surface area contributed by atoms with E-state index in [4.69, 9.17) is 0 Å². The number of carbonyl (C=O) groups excluding carboxylic acids is 4. The van der Waals surface area contributed by atoms with E-state index < -0.39 is 24.4 Å². The third-order valence-corrected chi connectivity index (χ3v) is 0.427. The summed E-state index contributed by atoms with van der Waals surface area (Å²) in [5.74, 6) is 0.